The van der Waals surface area contributed by atoms with Gasteiger partial charge in [-0.3, -0.25) is 4.99 Å². The fourth-order valence-electron chi connectivity index (χ4n) is 3.55. The van der Waals surface area contributed by atoms with E-state index in [4.69, 9.17) is 10.7 Å². The first-order chi connectivity index (χ1) is 10.2. The number of rotatable bonds is 1. The van der Waals surface area contributed by atoms with Crippen LogP contribution in [0.3, 0.4) is 0 Å². The Kier molecular flexibility index (Phi) is 4.20. The molecule has 1 aliphatic heterocycles. The normalized spacial score (nSPS) is 38.1. The van der Waals surface area contributed by atoms with Crippen LogP contribution in [0.2, 0.25) is 0 Å². The fraction of sp³-hybridized carbons (Fsp3) is 0.389. The largest absolute Gasteiger partial charge is 0.378 e. The second-order valence-electron chi connectivity index (χ2n) is 5.81. The van der Waals surface area contributed by atoms with E-state index in [1.165, 1.54) is 23.3 Å². The van der Waals surface area contributed by atoms with Crippen LogP contribution in [-0.2, 0) is 0 Å². The monoisotopic (exact) mass is 298 g/mol. The molecule has 0 aromatic heterocycles. The number of thioether (sulfide) groups is 1. The average molecular weight is 298 g/mol. The Morgan fingerprint density at radius 3 is 3.05 bits per heavy atom. The number of hydrogen-bond donors (Lipinski definition) is 1. The van der Waals surface area contributed by atoms with E-state index in [-0.39, 0.29) is 5.54 Å². The van der Waals surface area contributed by atoms with Gasteiger partial charge in [0.15, 0.2) is 5.17 Å². The van der Waals surface area contributed by atoms with E-state index in [2.05, 4.69) is 49.1 Å². The summed E-state index contributed by atoms with van der Waals surface area (Å²) in [4.78, 5) is 6.11. The maximum absolute atomic E-state index is 6.10. The lowest BCUT2D eigenvalue weighted by Crippen LogP contribution is -2.45. The zero-order valence-corrected chi connectivity index (χ0v) is 13.1. The highest BCUT2D eigenvalue weighted by molar-refractivity contribution is 8.17. The van der Waals surface area contributed by atoms with Crippen LogP contribution in [-0.4, -0.2) is 10.7 Å². The third kappa shape index (κ3) is 2.80. The van der Waals surface area contributed by atoms with Gasteiger partial charge in [-0.15, -0.1) is 0 Å². The first-order valence-corrected chi connectivity index (χ1v) is 8.46. The molecule has 0 aromatic carbocycles. The number of hydrogen-bond acceptors (Lipinski definition) is 3. The SMILES string of the molecule is C=C1SC(N)=NC2(/C3=C/C=C\C=C/CC=C3)CCCCC12. The first kappa shape index (κ1) is 14.5. The lowest BCUT2D eigenvalue weighted by Gasteiger charge is -2.45. The fourth-order valence-corrected chi connectivity index (χ4v) is 4.48. The van der Waals surface area contributed by atoms with Crippen LogP contribution >= 0.6 is 11.8 Å². The van der Waals surface area contributed by atoms with Crippen LogP contribution in [0.4, 0.5) is 0 Å². The zero-order chi connectivity index (χ0) is 14.7. The quantitative estimate of drug-likeness (QED) is 0.774. The predicted octanol–water partition coefficient (Wildman–Crippen LogP) is 4.49. The summed E-state index contributed by atoms with van der Waals surface area (Å²) in [6.45, 7) is 4.27. The van der Waals surface area contributed by atoms with Crippen LogP contribution < -0.4 is 5.73 Å². The molecule has 0 saturated heterocycles. The molecule has 1 saturated carbocycles. The highest BCUT2D eigenvalue weighted by Gasteiger charge is 2.46. The maximum atomic E-state index is 6.10. The second-order valence-corrected chi connectivity index (χ2v) is 6.96. The Morgan fingerprint density at radius 1 is 1.24 bits per heavy atom. The number of fused-ring (bicyclic) bond motifs is 1. The molecule has 2 aliphatic carbocycles. The van der Waals surface area contributed by atoms with Gasteiger partial charge in [0.1, 0.15) is 0 Å². The van der Waals surface area contributed by atoms with Crippen LogP contribution in [0.5, 0.6) is 0 Å². The summed E-state index contributed by atoms with van der Waals surface area (Å²) in [7, 11) is 0. The van der Waals surface area contributed by atoms with Crippen molar-refractivity contribution >= 4 is 16.9 Å². The smallest absolute Gasteiger partial charge is 0.159 e. The molecule has 3 aliphatic rings. The molecule has 1 heterocycles. The van der Waals surface area contributed by atoms with Crippen LogP contribution in [0, 0.1) is 5.92 Å². The molecule has 0 radical (unpaired) electrons. The van der Waals surface area contributed by atoms with Crippen molar-refractivity contribution in [2.24, 2.45) is 16.6 Å². The minimum atomic E-state index is -0.199. The highest BCUT2D eigenvalue weighted by atomic mass is 32.2. The molecule has 110 valence electrons. The van der Waals surface area contributed by atoms with Crippen LogP contribution in [0.15, 0.2) is 64.6 Å². The molecular weight excluding hydrogens is 276 g/mol. The van der Waals surface area contributed by atoms with E-state index >= 15 is 0 Å². The molecule has 21 heavy (non-hydrogen) atoms. The molecule has 2 atom stereocenters. The van der Waals surface area contributed by atoms with E-state index in [9.17, 15) is 0 Å². The van der Waals surface area contributed by atoms with Gasteiger partial charge in [-0.25, -0.2) is 0 Å². The number of aliphatic imine (C=N–C) groups is 1. The molecule has 0 amide bonds. The minimum Gasteiger partial charge on any atom is -0.378 e. The van der Waals surface area contributed by atoms with Crippen molar-refractivity contribution in [1.82, 2.24) is 0 Å². The van der Waals surface area contributed by atoms with Crippen molar-refractivity contribution in [2.45, 2.75) is 37.6 Å². The van der Waals surface area contributed by atoms with Gasteiger partial charge in [0.2, 0.25) is 0 Å². The summed E-state index contributed by atoms with van der Waals surface area (Å²) in [5.74, 6) is 0.404. The van der Waals surface area contributed by atoms with Gasteiger partial charge >= 0.3 is 0 Å². The molecular formula is C18H22N2S. The summed E-state index contributed by atoms with van der Waals surface area (Å²) < 4.78 is 0. The topological polar surface area (TPSA) is 38.4 Å². The van der Waals surface area contributed by atoms with Crippen molar-refractivity contribution in [1.29, 1.82) is 0 Å². The Morgan fingerprint density at radius 2 is 2.14 bits per heavy atom. The summed E-state index contributed by atoms with van der Waals surface area (Å²) in [6, 6.07) is 0. The van der Waals surface area contributed by atoms with Crippen molar-refractivity contribution in [3.8, 4) is 0 Å². The van der Waals surface area contributed by atoms with E-state index < -0.39 is 0 Å². The zero-order valence-electron chi connectivity index (χ0n) is 12.3. The van der Waals surface area contributed by atoms with Crippen molar-refractivity contribution < 1.29 is 0 Å². The van der Waals surface area contributed by atoms with E-state index in [0.717, 1.165) is 19.3 Å². The number of nitrogens with zero attached hydrogens (tertiary/aromatic N) is 1. The molecule has 0 bridgehead atoms. The third-order valence-electron chi connectivity index (χ3n) is 4.51. The summed E-state index contributed by atoms with van der Waals surface area (Å²) in [5, 5.41) is 0.662. The summed E-state index contributed by atoms with van der Waals surface area (Å²) >= 11 is 1.55. The number of nitrogens with two attached hydrogens (primary N) is 1. The number of allylic oxidation sites excluding steroid dienone is 6. The average Bonchev–Trinajstić information content (AvgIpc) is 2.60. The highest BCUT2D eigenvalue weighted by Crippen LogP contribution is 2.51. The van der Waals surface area contributed by atoms with Crippen LogP contribution in [0.25, 0.3) is 0 Å². The molecule has 0 spiro atoms. The Labute approximate surface area is 131 Å². The lowest BCUT2D eigenvalue weighted by molar-refractivity contribution is 0.272. The number of amidine groups is 1. The van der Waals surface area contributed by atoms with Gasteiger partial charge in [-0.1, -0.05) is 73.7 Å². The standard InChI is InChI=1S/C18H22N2S/c1-14-16-12-8-9-13-18(16,20-17(19)21-14)15-10-6-4-2-3-5-7-11-15/h2-4,6-7,10-11,16H,1,5,8-9,12-13H2,(H2,19,20)/b3-2-,6-4-,11-7?,15-10+. The van der Waals surface area contributed by atoms with Gasteiger partial charge in [-0.2, -0.15) is 0 Å². The minimum absolute atomic E-state index is 0.199. The van der Waals surface area contributed by atoms with Crippen molar-refractivity contribution in [2.75, 3.05) is 0 Å². The molecule has 3 rings (SSSR count). The lowest BCUT2D eigenvalue weighted by atomic mass is 9.68. The Balaban J connectivity index is 2.08. The summed E-state index contributed by atoms with van der Waals surface area (Å²) in [6.07, 6.45) is 20.7. The van der Waals surface area contributed by atoms with Gasteiger partial charge in [0.05, 0.1) is 5.54 Å². The van der Waals surface area contributed by atoms with Gasteiger partial charge in [-0.05, 0) is 29.7 Å². The van der Waals surface area contributed by atoms with Gasteiger partial charge in [0, 0.05) is 5.92 Å². The predicted molar refractivity (Wildman–Crippen MR) is 93.2 cm³/mol. The first-order valence-electron chi connectivity index (χ1n) is 7.65. The van der Waals surface area contributed by atoms with E-state index in [1.807, 2.05) is 0 Å². The third-order valence-corrected chi connectivity index (χ3v) is 5.36. The van der Waals surface area contributed by atoms with Gasteiger partial charge in [0.25, 0.3) is 0 Å². The van der Waals surface area contributed by atoms with E-state index in [0.29, 0.717) is 11.1 Å². The van der Waals surface area contributed by atoms with Crippen molar-refractivity contribution in [3.05, 3.63) is 59.6 Å². The Hall–Kier alpha value is -1.48. The molecule has 2 unspecified atom stereocenters. The molecule has 3 heteroatoms. The molecule has 0 aromatic rings. The van der Waals surface area contributed by atoms with Crippen LogP contribution in [0.1, 0.15) is 32.1 Å². The molecule has 1 fully saturated rings. The summed E-state index contributed by atoms with van der Waals surface area (Å²) in [5.41, 5.74) is 7.17. The van der Waals surface area contributed by atoms with Gasteiger partial charge < -0.3 is 5.73 Å². The van der Waals surface area contributed by atoms with Crippen molar-refractivity contribution in [3.63, 3.8) is 0 Å². The molecule has 2 N–H and O–H groups in total. The second kappa shape index (κ2) is 6.10. The molecule has 2 nitrogen and oxygen atoms in total. The van der Waals surface area contributed by atoms with E-state index in [1.54, 1.807) is 11.8 Å². The maximum Gasteiger partial charge on any atom is 0.159 e. The Bertz CT molecular complexity index is 580.